The first kappa shape index (κ1) is 12.6. The summed E-state index contributed by atoms with van der Waals surface area (Å²) >= 11 is 0. The number of benzene rings is 1. The van der Waals surface area contributed by atoms with Crippen molar-refractivity contribution < 1.29 is 22.2 Å². The highest BCUT2D eigenvalue weighted by molar-refractivity contribution is 7.89. The van der Waals surface area contributed by atoms with Crippen LogP contribution < -0.4 is 9.29 Å². The van der Waals surface area contributed by atoms with E-state index in [9.17, 15) is 13.2 Å². The summed E-state index contributed by atoms with van der Waals surface area (Å²) in [7, 11) is -3.54. The Kier molecular flexibility index (Phi) is 3.08. The fourth-order valence-corrected chi connectivity index (χ4v) is 2.21. The maximum absolute atomic E-state index is 11.6. The second kappa shape index (κ2) is 4.41. The molecule has 0 unspecified atom stereocenters. The smallest absolute Gasteiger partial charge is 0.345 e. The number of sulfonamides is 1. The average molecular weight is 269 g/mol. The van der Waals surface area contributed by atoms with E-state index < -0.39 is 15.9 Å². The zero-order valence-corrected chi connectivity index (χ0v) is 10.8. The second-order valence-electron chi connectivity index (χ2n) is 3.97. The number of aryl methyl sites for hydroxylation is 1. The Morgan fingerprint density at radius 3 is 2.72 bits per heavy atom. The summed E-state index contributed by atoms with van der Waals surface area (Å²) in [5, 5.41) is 0. The molecule has 7 heteroatoms. The first-order chi connectivity index (χ1) is 8.37. The number of aromatic nitrogens is 1. The van der Waals surface area contributed by atoms with Crippen molar-refractivity contribution in [3.63, 3.8) is 0 Å². The van der Waals surface area contributed by atoms with Crippen molar-refractivity contribution in [1.29, 1.82) is 0 Å². The summed E-state index contributed by atoms with van der Waals surface area (Å²) < 4.78 is 30.9. The average Bonchev–Trinajstić information content (AvgIpc) is 2.53. The molecule has 0 aliphatic carbocycles. The number of fused-ring (bicyclic) bond motifs is 1. The van der Waals surface area contributed by atoms with Crippen LogP contribution in [0.4, 0.5) is 0 Å². The molecule has 1 amide bonds. The highest BCUT2D eigenvalue weighted by atomic mass is 32.2. The van der Waals surface area contributed by atoms with Gasteiger partial charge >= 0.3 is 5.89 Å². The summed E-state index contributed by atoms with van der Waals surface area (Å²) in [6.07, 6.45) is 0.940. The van der Waals surface area contributed by atoms with Gasteiger partial charge in [-0.05, 0) is 6.07 Å². The van der Waals surface area contributed by atoms with E-state index >= 15 is 0 Å². The van der Waals surface area contributed by atoms with Gasteiger partial charge in [0.25, 0.3) is 11.4 Å². The van der Waals surface area contributed by atoms with Crippen molar-refractivity contribution in [1.82, 2.24) is 4.72 Å². The van der Waals surface area contributed by atoms with Crippen LogP contribution in [-0.4, -0.2) is 20.6 Å². The van der Waals surface area contributed by atoms with Gasteiger partial charge in [-0.3, -0.25) is 4.79 Å². The van der Waals surface area contributed by atoms with Crippen LogP contribution in [0.25, 0.3) is 11.1 Å². The minimum atomic E-state index is -3.54. The van der Waals surface area contributed by atoms with Crippen molar-refractivity contribution in [2.45, 2.75) is 13.5 Å². The van der Waals surface area contributed by atoms with Crippen molar-refractivity contribution in [2.75, 3.05) is 6.26 Å². The van der Waals surface area contributed by atoms with E-state index in [1.807, 2.05) is 16.9 Å². The minimum absolute atomic E-state index is 0.101. The number of hydrogen-bond acceptors (Lipinski definition) is 4. The first-order valence-electron chi connectivity index (χ1n) is 5.25. The SMILES string of the molecule is Cc1oc2ccccc2[n+]1CC(=O)NS(C)(=O)=O. The lowest BCUT2D eigenvalue weighted by Gasteiger charge is -1.98. The molecule has 6 nitrogen and oxygen atoms in total. The van der Waals surface area contributed by atoms with E-state index in [0.717, 1.165) is 11.8 Å². The minimum Gasteiger partial charge on any atom is -0.402 e. The Balaban J connectivity index is 2.32. The molecule has 0 fully saturated rings. The molecule has 0 saturated heterocycles. The lowest BCUT2D eigenvalue weighted by atomic mass is 10.3. The fourth-order valence-electron chi connectivity index (χ4n) is 1.73. The zero-order chi connectivity index (χ0) is 13.3. The summed E-state index contributed by atoms with van der Waals surface area (Å²) in [4.78, 5) is 11.6. The van der Waals surface area contributed by atoms with Gasteiger partial charge in [0.15, 0.2) is 0 Å². The summed E-state index contributed by atoms with van der Waals surface area (Å²) in [5.41, 5.74) is 1.40. The third-order valence-electron chi connectivity index (χ3n) is 2.39. The largest absolute Gasteiger partial charge is 0.402 e. The molecule has 0 radical (unpaired) electrons. The van der Waals surface area contributed by atoms with E-state index in [1.165, 1.54) is 0 Å². The van der Waals surface area contributed by atoms with Gasteiger partial charge in [0.1, 0.15) is 0 Å². The predicted molar refractivity (Wildman–Crippen MR) is 64.1 cm³/mol. The molecule has 0 aliphatic heterocycles. The molecule has 1 N–H and O–H groups in total. The highest BCUT2D eigenvalue weighted by Gasteiger charge is 2.22. The standard InChI is InChI=1S/C11H12N2O4S/c1-8-13(7-11(14)12-18(2,15)16)9-5-3-4-6-10(9)17-8/h3-6H,7H2,1-2H3/p+1. The number of nitrogens with one attached hydrogen (secondary N) is 1. The van der Waals surface area contributed by atoms with Crippen LogP contribution in [0.1, 0.15) is 5.89 Å². The fraction of sp³-hybridized carbons (Fsp3) is 0.273. The lowest BCUT2D eigenvalue weighted by molar-refractivity contribution is -0.670. The third-order valence-corrected chi connectivity index (χ3v) is 2.99. The second-order valence-corrected chi connectivity index (χ2v) is 5.72. The van der Waals surface area contributed by atoms with Crippen molar-refractivity contribution in [3.05, 3.63) is 30.2 Å². The van der Waals surface area contributed by atoms with Gasteiger partial charge in [-0.15, -0.1) is 0 Å². The molecule has 2 rings (SSSR count). The van der Waals surface area contributed by atoms with E-state index in [-0.39, 0.29) is 6.54 Å². The van der Waals surface area contributed by atoms with Crippen molar-refractivity contribution in [2.24, 2.45) is 0 Å². The predicted octanol–water partition coefficient (Wildman–Crippen LogP) is 0.105. The molecule has 2 aromatic rings. The zero-order valence-electron chi connectivity index (χ0n) is 10.0. The number of nitrogens with zero attached hydrogens (tertiary/aromatic N) is 1. The Labute approximate surface area is 104 Å². The van der Waals surface area contributed by atoms with Crippen LogP contribution in [0.3, 0.4) is 0 Å². The Hall–Kier alpha value is -1.89. The maximum atomic E-state index is 11.6. The molecular weight excluding hydrogens is 256 g/mol. The molecule has 1 aromatic carbocycles. The molecule has 0 aliphatic rings. The number of rotatable bonds is 3. The van der Waals surface area contributed by atoms with E-state index in [1.54, 1.807) is 23.6 Å². The third kappa shape index (κ3) is 2.67. The van der Waals surface area contributed by atoms with Crippen LogP contribution in [0.2, 0.25) is 0 Å². The number of amides is 1. The molecule has 0 spiro atoms. The topological polar surface area (TPSA) is 80.3 Å². The molecular formula is C11H13N2O4S+. The molecule has 0 saturated carbocycles. The number of carbonyl (C=O) groups excluding carboxylic acids is 1. The number of oxazole rings is 1. The monoisotopic (exact) mass is 269 g/mol. The normalized spacial score (nSPS) is 11.7. The van der Waals surface area contributed by atoms with E-state index in [4.69, 9.17) is 4.42 Å². The van der Waals surface area contributed by atoms with Gasteiger partial charge in [-0.2, -0.15) is 4.57 Å². The van der Waals surface area contributed by atoms with Crippen LogP contribution in [0.5, 0.6) is 0 Å². The lowest BCUT2D eigenvalue weighted by Crippen LogP contribution is -2.45. The summed E-state index contributed by atoms with van der Waals surface area (Å²) in [5.74, 6) is -0.0583. The Morgan fingerprint density at radius 1 is 1.39 bits per heavy atom. The van der Waals surface area contributed by atoms with Gasteiger partial charge in [-0.25, -0.2) is 13.1 Å². The van der Waals surface area contributed by atoms with Crippen LogP contribution in [-0.2, 0) is 21.4 Å². The van der Waals surface area contributed by atoms with E-state index in [0.29, 0.717) is 11.5 Å². The Morgan fingerprint density at radius 2 is 2.06 bits per heavy atom. The molecule has 0 bridgehead atoms. The molecule has 1 aromatic heterocycles. The summed E-state index contributed by atoms with van der Waals surface area (Å²) in [6, 6.07) is 7.24. The van der Waals surface area contributed by atoms with Crippen molar-refractivity contribution in [3.8, 4) is 0 Å². The van der Waals surface area contributed by atoms with Gasteiger partial charge < -0.3 is 4.42 Å². The number of carbonyl (C=O) groups is 1. The van der Waals surface area contributed by atoms with Gasteiger partial charge in [0.2, 0.25) is 22.2 Å². The number of para-hydroxylation sites is 2. The first-order valence-corrected chi connectivity index (χ1v) is 7.14. The van der Waals surface area contributed by atoms with Crippen LogP contribution in [0, 0.1) is 6.92 Å². The molecule has 18 heavy (non-hydrogen) atoms. The highest BCUT2D eigenvalue weighted by Crippen LogP contribution is 2.12. The number of hydrogen-bond donors (Lipinski definition) is 1. The maximum Gasteiger partial charge on any atom is 0.345 e. The molecule has 96 valence electrons. The van der Waals surface area contributed by atoms with Gasteiger partial charge in [-0.1, -0.05) is 12.1 Å². The van der Waals surface area contributed by atoms with Gasteiger partial charge in [0.05, 0.1) is 13.2 Å². The quantitative estimate of drug-likeness (QED) is 0.802. The van der Waals surface area contributed by atoms with Crippen LogP contribution >= 0.6 is 0 Å². The van der Waals surface area contributed by atoms with Crippen molar-refractivity contribution >= 4 is 27.0 Å². The van der Waals surface area contributed by atoms with E-state index in [2.05, 4.69) is 0 Å². The van der Waals surface area contributed by atoms with Crippen LogP contribution in [0.15, 0.2) is 28.7 Å². The molecule has 0 atom stereocenters. The van der Waals surface area contributed by atoms with Gasteiger partial charge in [0, 0.05) is 6.07 Å². The Bertz CT molecular complexity index is 703. The molecule has 1 heterocycles. The summed E-state index contributed by atoms with van der Waals surface area (Å²) in [6.45, 7) is 1.61.